The number of Topliss-reactive ketones (excluding diaryl/α,β-unsaturated/α-hetero) is 1. The maximum Gasteiger partial charge on any atom is 0.241 e. The van der Waals surface area contributed by atoms with E-state index >= 15 is 0 Å². The lowest BCUT2D eigenvalue weighted by Crippen LogP contribution is -2.23. The van der Waals surface area contributed by atoms with Crippen LogP contribution in [-0.4, -0.2) is 20.1 Å². The van der Waals surface area contributed by atoms with Crippen LogP contribution < -0.4 is 10.0 Å². The lowest BCUT2D eigenvalue weighted by atomic mass is 10.1. The second-order valence-electron chi connectivity index (χ2n) is 6.73. The predicted molar refractivity (Wildman–Crippen MR) is 115 cm³/mol. The second kappa shape index (κ2) is 9.38. The Kier molecular flexibility index (Phi) is 6.86. The van der Waals surface area contributed by atoms with Gasteiger partial charge < -0.3 is 9.73 Å². The van der Waals surface area contributed by atoms with Gasteiger partial charge in [-0.15, -0.1) is 11.3 Å². The summed E-state index contributed by atoms with van der Waals surface area (Å²) in [6.45, 7) is 3.85. The number of anilines is 1. The van der Waals surface area contributed by atoms with Crippen molar-refractivity contribution in [2.45, 2.75) is 38.1 Å². The number of furan rings is 1. The van der Waals surface area contributed by atoms with E-state index < -0.39 is 10.0 Å². The Balaban J connectivity index is 1.58. The summed E-state index contributed by atoms with van der Waals surface area (Å²) in [5, 5.41) is 2.65. The molecule has 0 spiro atoms. The van der Waals surface area contributed by atoms with Crippen LogP contribution in [0.5, 0.6) is 0 Å². The molecule has 0 radical (unpaired) electrons. The van der Waals surface area contributed by atoms with Gasteiger partial charge in [0, 0.05) is 33.8 Å². The molecule has 2 aromatic heterocycles. The zero-order valence-electron chi connectivity index (χ0n) is 16.6. The fraction of sp³-hybridized carbons (Fsp3) is 0.238. The number of sulfonamides is 1. The van der Waals surface area contributed by atoms with Gasteiger partial charge in [-0.2, -0.15) is 0 Å². The van der Waals surface area contributed by atoms with E-state index in [4.69, 9.17) is 4.42 Å². The minimum Gasteiger partial charge on any atom is -0.468 e. The number of nitrogens with one attached hydrogen (secondary N) is 2. The monoisotopic (exact) mass is 446 g/mol. The number of amides is 1. The van der Waals surface area contributed by atoms with Crippen LogP contribution >= 0.6 is 11.3 Å². The minimum absolute atomic E-state index is 0.0148. The maximum atomic E-state index is 12.5. The van der Waals surface area contributed by atoms with Gasteiger partial charge in [0.05, 0.1) is 17.7 Å². The van der Waals surface area contributed by atoms with Crippen molar-refractivity contribution in [1.82, 2.24) is 4.72 Å². The third-order valence-electron chi connectivity index (χ3n) is 4.37. The van der Waals surface area contributed by atoms with E-state index in [-0.39, 0.29) is 36.0 Å². The van der Waals surface area contributed by atoms with Crippen LogP contribution in [0.15, 0.2) is 58.0 Å². The number of rotatable bonds is 9. The lowest BCUT2D eigenvalue weighted by molar-refractivity contribution is -0.116. The summed E-state index contributed by atoms with van der Waals surface area (Å²) in [6.07, 6.45) is 1.57. The molecule has 1 aromatic carbocycles. The number of hydrogen-bond acceptors (Lipinski definition) is 6. The zero-order valence-corrected chi connectivity index (χ0v) is 18.2. The smallest absolute Gasteiger partial charge is 0.241 e. The van der Waals surface area contributed by atoms with Crippen LogP contribution in [0.2, 0.25) is 0 Å². The Morgan fingerprint density at radius 3 is 2.53 bits per heavy atom. The molecule has 1 amide bonds. The number of carbonyl (C=O) groups excluding carboxylic acids is 2. The van der Waals surface area contributed by atoms with Gasteiger partial charge in [-0.25, -0.2) is 13.1 Å². The largest absolute Gasteiger partial charge is 0.468 e. The van der Waals surface area contributed by atoms with Crippen molar-refractivity contribution in [1.29, 1.82) is 0 Å². The molecule has 0 unspecified atom stereocenters. The van der Waals surface area contributed by atoms with E-state index in [2.05, 4.69) is 10.0 Å². The summed E-state index contributed by atoms with van der Waals surface area (Å²) in [5.74, 6) is 0.0558. The molecule has 0 aliphatic rings. The molecule has 0 bridgehead atoms. The maximum absolute atomic E-state index is 12.5. The molecule has 0 saturated carbocycles. The van der Waals surface area contributed by atoms with Crippen LogP contribution in [0.1, 0.15) is 38.7 Å². The SMILES string of the molecule is Cc1cc(C(=O)CCC(=O)Nc2cccc(S(=O)(=O)NCc3ccco3)c2)c(C)s1. The first kappa shape index (κ1) is 21.9. The van der Waals surface area contributed by atoms with Crippen LogP contribution in [0.25, 0.3) is 0 Å². The molecule has 7 nitrogen and oxygen atoms in total. The Bertz CT molecular complexity index is 1150. The Labute approximate surface area is 179 Å². The summed E-state index contributed by atoms with van der Waals surface area (Å²) in [6, 6.07) is 11.1. The van der Waals surface area contributed by atoms with Crippen molar-refractivity contribution in [3.8, 4) is 0 Å². The highest BCUT2D eigenvalue weighted by atomic mass is 32.2. The molecule has 158 valence electrons. The second-order valence-corrected chi connectivity index (χ2v) is 9.96. The van der Waals surface area contributed by atoms with E-state index in [1.165, 1.54) is 18.4 Å². The Hall–Kier alpha value is -2.75. The van der Waals surface area contributed by atoms with Crippen LogP contribution in [0, 0.1) is 13.8 Å². The number of hydrogen-bond donors (Lipinski definition) is 2. The number of ketones is 1. The van der Waals surface area contributed by atoms with E-state index in [9.17, 15) is 18.0 Å². The van der Waals surface area contributed by atoms with Crippen molar-refractivity contribution in [2.75, 3.05) is 5.32 Å². The molecule has 9 heteroatoms. The summed E-state index contributed by atoms with van der Waals surface area (Å²) in [5.41, 5.74) is 0.997. The highest BCUT2D eigenvalue weighted by molar-refractivity contribution is 7.89. The number of aryl methyl sites for hydroxylation is 2. The van der Waals surface area contributed by atoms with Gasteiger partial charge >= 0.3 is 0 Å². The molecular weight excluding hydrogens is 424 g/mol. The molecule has 0 aliphatic heterocycles. The summed E-state index contributed by atoms with van der Waals surface area (Å²) < 4.78 is 32.5. The number of benzene rings is 1. The normalized spacial score (nSPS) is 11.4. The minimum atomic E-state index is -3.77. The van der Waals surface area contributed by atoms with Gasteiger partial charge in [0.2, 0.25) is 15.9 Å². The number of carbonyl (C=O) groups is 2. The molecule has 0 aliphatic carbocycles. The average molecular weight is 447 g/mol. The molecule has 2 heterocycles. The first-order valence-electron chi connectivity index (χ1n) is 9.27. The summed E-state index contributed by atoms with van der Waals surface area (Å²) in [7, 11) is -3.77. The van der Waals surface area contributed by atoms with Gasteiger partial charge in [-0.05, 0) is 50.2 Å². The van der Waals surface area contributed by atoms with E-state index in [0.717, 1.165) is 9.75 Å². The Morgan fingerprint density at radius 1 is 1.07 bits per heavy atom. The van der Waals surface area contributed by atoms with Gasteiger partial charge in [-0.3, -0.25) is 9.59 Å². The summed E-state index contributed by atoms with van der Waals surface area (Å²) >= 11 is 1.55. The zero-order chi connectivity index (χ0) is 21.7. The van der Waals surface area contributed by atoms with Crippen molar-refractivity contribution in [3.05, 3.63) is 69.8 Å². The third kappa shape index (κ3) is 5.65. The van der Waals surface area contributed by atoms with Gasteiger partial charge in [0.1, 0.15) is 5.76 Å². The fourth-order valence-electron chi connectivity index (χ4n) is 2.90. The predicted octanol–water partition coefficient (Wildman–Crippen LogP) is 4.04. The van der Waals surface area contributed by atoms with Crippen molar-refractivity contribution >= 4 is 38.7 Å². The van der Waals surface area contributed by atoms with Crippen LogP contribution in [-0.2, 0) is 21.4 Å². The van der Waals surface area contributed by atoms with E-state index in [1.807, 2.05) is 19.9 Å². The molecule has 30 heavy (non-hydrogen) atoms. The molecular formula is C21H22N2O5S2. The molecule has 3 aromatic rings. The first-order chi connectivity index (χ1) is 14.2. The highest BCUT2D eigenvalue weighted by Gasteiger charge is 2.17. The van der Waals surface area contributed by atoms with Crippen molar-refractivity contribution in [2.24, 2.45) is 0 Å². The lowest BCUT2D eigenvalue weighted by Gasteiger charge is -2.09. The molecule has 0 saturated heterocycles. The molecule has 0 atom stereocenters. The average Bonchev–Trinajstić information content (AvgIpc) is 3.34. The standard InChI is InChI=1S/C21H22N2O5S2/c1-14-11-19(15(2)29-14)20(24)8-9-21(25)23-16-5-3-7-18(12-16)30(26,27)22-13-17-6-4-10-28-17/h3-7,10-12,22H,8-9,13H2,1-2H3,(H,23,25). The quantitative estimate of drug-likeness (QED) is 0.483. The van der Waals surface area contributed by atoms with Crippen molar-refractivity contribution in [3.63, 3.8) is 0 Å². The van der Waals surface area contributed by atoms with Crippen molar-refractivity contribution < 1.29 is 22.4 Å². The van der Waals surface area contributed by atoms with Gasteiger partial charge in [-0.1, -0.05) is 6.07 Å². The fourth-order valence-corrected chi connectivity index (χ4v) is 4.88. The topological polar surface area (TPSA) is 105 Å². The molecule has 2 N–H and O–H groups in total. The van der Waals surface area contributed by atoms with Crippen LogP contribution in [0.3, 0.4) is 0 Å². The number of thiophene rings is 1. The van der Waals surface area contributed by atoms with Gasteiger partial charge in [0.15, 0.2) is 5.78 Å². The first-order valence-corrected chi connectivity index (χ1v) is 11.6. The third-order valence-corrected chi connectivity index (χ3v) is 6.73. The van der Waals surface area contributed by atoms with E-state index in [0.29, 0.717) is 17.0 Å². The van der Waals surface area contributed by atoms with Gasteiger partial charge in [0.25, 0.3) is 0 Å². The van der Waals surface area contributed by atoms with E-state index in [1.54, 1.807) is 35.6 Å². The summed E-state index contributed by atoms with van der Waals surface area (Å²) in [4.78, 5) is 26.6. The Morgan fingerprint density at radius 2 is 1.87 bits per heavy atom. The highest BCUT2D eigenvalue weighted by Crippen LogP contribution is 2.22. The molecule has 0 fully saturated rings. The van der Waals surface area contributed by atoms with Crippen LogP contribution in [0.4, 0.5) is 5.69 Å². The molecule has 3 rings (SSSR count).